The molecule has 2 aromatic rings. The summed E-state index contributed by atoms with van der Waals surface area (Å²) in [5.74, 6) is 0.867. The molecule has 1 amide bonds. The van der Waals surface area contributed by atoms with E-state index in [2.05, 4.69) is 10.1 Å². The number of benzene rings is 1. The summed E-state index contributed by atoms with van der Waals surface area (Å²) < 4.78 is 1.73. The number of nitrogens with zero attached hydrogens (tertiary/aromatic N) is 4. The van der Waals surface area contributed by atoms with Gasteiger partial charge in [0.25, 0.3) is 5.91 Å². The third kappa shape index (κ3) is 2.89. The summed E-state index contributed by atoms with van der Waals surface area (Å²) >= 11 is 0. The van der Waals surface area contributed by atoms with E-state index < -0.39 is 6.10 Å². The fraction of sp³-hybridized carbons (Fsp3) is 0.500. The minimum absolute atomic E-state index is 0.00991. The van der Waals surface area contributed by atoms with Gasteiger partial charge in [-0.1, -0.05) is 0 Å². The van der Waals surface area contributed by atoms with Crippen LogP contribution in [0.25, 0.3) is 0 Å². The summed E-state index contributed by atoms with van der Waals surface area (Å²) in [6, 6.07) is 4.89. The summed E-state index contributed by atoms with van der Waals surface area (Å²) in [7, 11) is 0. The van der Waals surface area contributed by atoms with Crippen molar-refractivity contribution in [3.05, 3.63) is 42.0 Å². The summed E-state index contributed by atoms with van der Waals surface area (Å²) in [5.41, 5.74) is 1.30. The Morgan fingerprint density at radius 2 is 2.00 bits per heavy atom. The number of aromatic hydroxyl groups is 1. The third-order valence-corrected chi connectivity index (χ3v) is 5.62. The molecule has 1 aromatic heterocycles. The van der Waals surface area contributed by atoms with Crippen LogP contribution in [0, 0.1) is 18.8 Å². The zero-order valence-electron chi connectivity index (χ0n) is 14.1. The normalized spacial score (nSPS) is 28.8. The number of hydrogen-bond acceptors (Lipinski definition) is 5. The molecule has 2 heterocycles. The first-order valence-corrected chi connectivity index (χ1v) is 8.64. The number of aromatic nitrogens is 3. The van der Waals surface area contributed by atoms with E-state index >= 15 is 0 Å². The van der Waals surface area contributed by atoms with E-state index in [1.165, 1.54) is 6.33 Å². The smallest absolute Gasteiger partial charge is 0.253 e. The van der Waals surface area contributed by atoms with E-state index in [1.807, 2.05) is 4.90 Å². The maximum atomic E-state index is 12.8. The number of fused-ring (bicyclic) bond motifs is 1. The number of aliphatic hydroxyl groups excluding tert-OH is 1. The number of carbonyl (C=O) groups is 1. The van der Waals surface area contributed by atoms with Crippen LogP contribution in [0.3, 0.4) is 0 Å². The van der Waals surface area contributed by atoms with Gasteiger partial charge >= 0.3 is 0 Å². The lowest BCUT2D eigenvalue weighted by molar-refractivity contribution is 0.0304. The monoisotopic (exact) mass is 342 g/mol. The van der Waals surface area contributed by atoms with Gasteiger partial charge in [-0.25, -0.2) is 9.67 Å². The number of rotatable bonds is 2. The van der Waals surface area contributed by atoms with Crippen molar-refractivity contribution in [1.29, 1.82) is 0 Å². The van der Waals surface area contributed by atoms with E-state index in [4.69, 9.17) is 0 Å². The molecule has 7 nitrogen and oxygen atoms in total. The summed E-state index contributed by atoms with van der Waals surface area (Å²) in [6.45, 7) is 3.15. The van der Waals surface area contributed by atoms with Crippen LogP contribution in [0.15, 0.2) is 30.9 Å². The van der Waals surface area contributed by atoms with Crippen molar-refractivity contribution < 1.29 is 15.0 Å². The van der Waals surface area contributed by atoms with Gasteiger partial charge in [0.15, 0.2) is 0 Å². The number of aryl methyl sites for hydroxylation is 1. The molecule has 2 fully saturated rings. The maximum Gasteiger partial charge on any atom is 0.253 e. The lowest BCUT2D eigenvalue weighted by Crippen LogP contribution is -2.36. The van der Waals surface area contributed by atoms with E-state index in [0.29, 0.717) is 42.5 Å². The van der Waals surface area contributed by atoms with Crippen molar-refractivity contribution >= 4 is 5.91 Å². The molecule has 1 saturated heterocycles. The molecule has 4 rings (SSSR count). The van der Waals surface area contributed by atoms with Gasteiger partial charge in [-0.05, 0) is 55.4 Å². The Morgan fingerprint density at radius 1 is 1.24 bits per heavy atom. The number of hydrogen-bond donors (Lipinski definition) is 2. The van der Waals surface area contributed by atoms with Crippen LogP contribution in [-0.2, 0) is 0 Å². The second-order valence-electron chi connectivity index (χ2n) is 7.21. The molecule has 0 bridgehead atoms. The molecule has 2 aliphatic rings. The lowest BCUT2D eigenvalue weighted by atomic mass is 9.77. The van der Waals surface area contributed by atoms with Crippen LogP contribution in [0.4, 0.5) is 0 Å². The molecule has 7 heteroatoms. The van der Waals surface area contributed by atoms with Crippen molar-refractivity contribution in [2.45, 2.75) is 31.9 Å². The van der Waals surface area contributed by atoms with Gasteiger partial charge in [0.2, 0.25) is 0 Å². The van der Waals surface area contributed by atoms with Gasteiger partial charge < -0.3 is 15.1 Å². The molecular formula is C18H22N4O3. The molecule has 0 spiro atoms. The Bertz CT molecular complexity index is 777. The average molecular weight is 342 g/mol. The van der Waals surface area contributed by atoms with Gasteiger partial charge in [-0.15, -0.1) is 0 Å². The predicted octanol–water partition coefficient (Wildman–Crippen LogP) is 1.38. The first kappa shape index (κ1) is 16.1. The minimum Gasteiger partial charge on any atom is -0.508 e. The van der Waals surface area contributed by atoms with Gasteiger partial charge in [0.1, 0.15) is 18.4 Å². The third-order valence-electron chi connectivity index (χ3n) is 5.62. The predicted molar refractivity (Wildman–Crippen MR) is 90.0 cm³/mol. The molecule has 1 aliphatic heterocycles. The molecule has 1 aliphatic carbocycles. The highest BCUT2D eigenvalue weighted by Gasteiger charge is 2.43. The zero-order valence-corrected chi connectivity index (χ0v) is 14.1. The highest BCUT2D eigenvalue weighted by molar-refractivity contribution is 5.94. The van der Waals surface area contributed by atoms with Crippen molar-refractivity contribution in [3.63, 3.8) is 0 Å². The molecule has 25 heavy (non-hydrogen) atoms. The van der Waals surface area contributed by atoms with Crippen molar-refractivity contribution in [1.82, 2.24) is 19.7 Å². The molecule has 1 saturated carbocycles. The first-order valence-electron chi connectivity index (χ1n) is 8.64. The minimum atomic E-state index is -0.464. The van der Waals surface area contributed by atoms with Crippen LogP contribution < -0.4 is 0 Å². The Kier molecular flexibility index (Phi) is 3.95. The standard InChI is InChI=1S/C18H22N4O3/c1-11-4-12(2-3-16(11)23)18(25)21-7-13-5-15(22-10-19-9-20-22)17(24)6-14(13)8-21/h2-4,9-10,13-15,17,23-24H,5-8H2,1H3/t13-,14+,15-,17-/m1/s1. The molecule has 2 N–H and O–H groups in total. The number of amides is 1. The molecule has 0 unspecified atom stereocenters. The molecular weight excluding hydrogens is 320 g/mol. The topological polar surface area (TPSA) is 91.5 Å². The van der Waals surface area contributed by atoms with Crippen molar-refractivity contribution in [2.24, 2.45) is 11.8 Å². The molecule has 132 valence electrons. The van der Waals surface area contributed by atoms with E-state index in [9.17, 15) is 15.0 Å². The second-order valence-corrected chi connectivity index (χ2v) is 7.21. The van der Waals surface area contributed by atoms with Crippen LogP contribution in [-0.4, -0.2) is 55.0 Å². The lowest BCUT2D eigenvalue weighted by Gasteiger charge is -2.34. The Morgan fingerprint density at radius 3 is 2.68 bits per heavy atom. The van der Waals surface area contributed by atoms with Gasteiger partial charge in [0.05, 0.1) is 12.1 Å². The van der Waals surface area contributed by atoms with E-state index in [-0.39, 0.29) is 17.7 Å². The Labute approximate surface area is 145 Å². The number of likely N-dealkylation sites (tertiary alicyclic amines) is 1. The molecule has 4 atom stereocenters. The van der Waals surface area contributed by atoms with Crippen LogP contribution in [0.2, 0.25) is 0 Å². The van der Waals surface area contributed by atoms with E-state index in [0.717, 1.165) is 6.42 Å². The first-order chi connectivity index (χ1) is 12.0. The summed E-state index contributed by atoms with van der Waals surface area (Å²) in [6.07, 6.45) is 4.14. The fourth-order valence-corrected chi connectivity index (χ4v) is 4.22. The van der Waals surface area contributed by atoms with Gasteiger partial charge in [-0.2, -0.15) is 5.10 Å². The Balaban J connectivity index is 1.49. The quantitative estimate of drug-likeness (QED) is 0.860. The van der Waals surface area contributed by atoms with Crippen LogP contribution in [0.5, 0.6) is 5.75 Å². The number of phenolic OH excluding ortho intramolecular Hbond substituents is 1. The van der Waals surface area contributed by atoms with Crippen molar-refractivity contribution in [3.8, 4) is 5.75 Å². The largest absolute Gasteiger partial charge is 0.508 e. The summed E-state index contributed by atoms with van der Waals surface area (Å²) in [5, 5.41) is 24.3. The second kappa shape index (κ2) is 6.15. The van der Waals surface area contributed by atoms with E-state index in [1.54, 1.807) is 36.1 Å². The summed E-state index contributed by atoms with van der Waals surface area (Å²) in [4.78, 5) is 18.6. The SMILES string of the molecule is Cc1cc(C(=O)N2C[C@H]3C[C@@H](n4cncn4)[C@H](O)C[C@H]3C2)ccc1O. The van der Waals surface area contributed by atoms with Gasteiger partial charge in [-0.3, -0.25) is 4.79 Å². The maximum absolute atomic E-state index is 12.8. The van der Waals surface area contributed by atoms with Crippen molar-refractivity contribution in [2.75, 3.05) is 13.1 Å². The molecule has 0 radical (unpaired) electrons. The number of phenols is 1. The zero-order chi connectivity index (χ0) is 17.6. The highest BCUT2D eigenvalue weighted by atomic mass is 16.3. The average Bonchev–Trinajstić information content (AvgIpc) is 3.25. The number of aliphatic hydroxyl groups is 1. The fourth-order valence-electron chi connectivity index (χ4n) is 4.22. The van der Waals surface area contributed by atoms with Crippen LogP contribution in [0.1, 0.15) is 34.8 Å². The number of carbonyl (C=O) groups excluding carboxylic acids is 1. The Hall–Kier alpha value is -2.41. The van der Waals surface area contributed by atoms with Crippen LogP contribution >= 0.6 is 0 Å². The van der Waals surface area contributed by atoms with Gasteiger partial charge in [0, 0.05) is 18.7 Å². The highest BCUT2D eigenvalue weighted by Crippen LogP contribution is 2.41. The molecule has 1 aromatic carbocycles.